The zero-order valence-corrected chi connectivity index (χ0v) is 19.0. The average Bonchev–Trinajstić information content (AvgIpc) is 2.70. The molecule has 0 radical (unpaired) electrons. The van der Waals surface area contributed by atoms with Crippen molar-refractivity contribution in [1.29, 1.82) is 0 Å². The van der Waals surface area contributed by atoms with E-state index < -0.39 is 16.6 Å². The second kappa shape index (κ2) is 8.73. The molecule has 3 rings (SSSR count). The van der Waals surface area contributed by atoms with Crippen molar-refractivity contribution in [2.45, 2.75) is 51.2 Å². The van der Waals surface area contributed by atoms with E-state index in [9.17, 15) is 19.8 Å². The maximum atomic E-state index is 13.0. The molecule has 2 N–H and O–H groups in total. The van der Waals surface area contributed by atoms with E-state index in [0.29, 0.717) is 22.7 Å². The molecule has 0 spiro atoms. The molecule has 2 atom stereocenters. The second-order valence-corrected chi connectivity index (χ2v) is 9.95. The highest BCUT2D eigenvalue weighted by Crippen LogP contribution is 2.41. The number of aliphatic hydroxyl groups is 2. The lowest BCUT2D eigenvalue weighted by molar-refractivity contribution is -0.191. The van der Waals surface area contributed by atoms with Gasteiger partial charge in [0.25, 0.3) is 0 Å². The second-order valence-electron chi connectivity index (χ2n) is 9.51. The number of hydrogen-bond donors (Lipinski definition) is 2. The highest BCUT2D eigenvalue weighted by Gasteiger charge is 2.51. The SMILES string of the molecule is CC(C)(CC(=O)c1ccccc1)CC(=O)N1CC[C@](O)(c2ccc(Cl)cc2)[C@](C)(O)C1. The highest BCUT2D eigenvalue weighted by atomic mass is 35.5. The number of amides is 1. The smallest absolute Gasteiger partial charge is 0.223 e. The van der Waals surface area contributed by atoms with E-state index in [2.05, 4.69) is 0 Å². The van der Waals surface area contributed by atoms with E-state index in [1.165, 1.54) is 0 Å². The van der Waals surface area contributed by atoms with Gasteiger partial charge in [-0.25, -0.2) is 0 Å². The van der Waals surface area contributed by atoms with Crippen molar-refractivity contribution in [2.75, 3.05) is 13.1 Å². The first-order chi connectivity index (χ1) is 14.4. The summed E-state index contributed by atoms with van der Waals surface area (Å²) < 4.78 is 0. The molecular weight excluding hydrogens is 414 g/mol. The van der Waals surface area contributed by atoms with Gasteiger partial charge in [0.1, 0.15) is 11.2 Å². The molecule has 0 bridgehead atoms. The van der Waals surface area contributed by atoms with Gasteiger partial charge in [-0.1, -0.05) is 67.9 Å². The number of rotatable bonds is 6. The minimum absolute atomic E-state index is 0.00107. The third-order valence-corrected chi connectivity index (χ3v) is 6.42. The van der Waals surface area contributed by atoms with E-state index in [-0.39, 0.29) is 37.5 Å². The van der Waals surface area contributed by atoms with Gasteiger partial charge in [0.15, 0.2) is 5.78 Å². The molecule has 2 aromatic carbocycles. The van der Waals surface area contributed by atoms with E-state index >= 15 is 0 Å². The first-order valence-electron chi connectivity index (χ1n) is 10.5. The summed E-state index contributed by atoms with van der Waals surface area (Å²) in [7, 11) is 0. The van der Waals surface area contributed by atoms with Gasteiger partial charge in [-0.3, -0.25) is 9.59 Å². The molecular formula is C25H30ClNO4. The number of carbonyl (C=O) groups is 2. The number of halogens is 1. The number of hydrogen-bond acceptors (Lipinski definition) is 4. The van der Waals surface area contributed by atoms with Crippen LogP contribution in [0.1, 0.15) is 56.0 Å². The lowest BCUT2D eigenvalue weighted by Gasteiger charge is -2.49. The Kier molecular flexibility index (Phi) is 6.61. The number of Topliss-reactive ketones (excluding diaryl/α,β-unsaturated/α-hetero) is 1. The fourth-order valence-corrected chi connectivity index (χ4v) is 4.41. The minimum atomic E-state index is -1.53. The molecule has 0 saturated carbocycles. The van der Waals surface area contributed by atoms with Crippen LogP contribution in [0.3, 0.4) is 0 Å². The summed E-state index contributed by atoms with van der Waals surface area (Å²) in [4.78, 5) is 27.2. The maximum Gasteiger partial charge on any atom is 0.223 e. The van der Waals surface area contributed by atoms with Crippen LogP contribution in [-0.2, 0) is 10.4 Å². The summed E-state index contributed by atoms with van der Waals surface area (Å²) in [6.07, 6.45) is 0.638. The van der Waals surface area contributed by atoms with Crippen molar-refractivity contribution in [2.24, 2.45) is 5.41 Å². The predicted octanol–water partition coefficient (Wildman–Crippen LogP) is 4.20. The average molecular weight is 444 g/mol. The van der Waals surface area contributed by atoms with Crippen LogP contribution in [0.4, 0.5) is 0 Å². The van der Waals surface area contributed by atoms with Crippen molar-refractivity contribution >= 4 is 23.3 Å². The molecule has 166 valence electrons. The van der Waals surface area contributed by atoms with Gasteiger partial charge in [0.2, 0.25) is 5.91 Å². The molecule has 1 amide bonds. The number of carbonyl (C=O) groups excluding carboxylic acids is 2. The number of piperidine rings is 1. The van der Waals surface area contributed by atoms with Gasteiger partial charge in [-0.15, -0.1) is 0 Å². The molecule has 1 heterocycles. The van der Waals surface area contributed by atoms with Crippen molar-refractivity contribution in [3.05, 3.63) is 70.7 Å². The molecule has 1 saturated heterocycles. The van der Waals surface area contributed by atoms with Crippen molar-refractivity contribution < 1.29 is 19.8 Å². The van der Waals surface area contributed by atoms with Crippen molar-refractivity contribution in [1.82, 2.24) is 4.90 Å². The summed E-state index contributed by atoms with van der Waals surface area (Å²) in [6.45, 7) is 5.67. The Bertz CT molecular complexity index is 940. The van der Waals surface area contributed by atoms with Crippen LogP contribution < -0.4 is 0 Å². The van der Waals surface area contributed by atoms with Crippen LogP contribution in [0.15, 0.2) is 54.6 Å². The van der Waals surface area contributed by atoms with Crippen LogP contribution in [0, 0.1) is 5.41 Å². The van der Waals surface area contributed by atoms with Crippen LogP contribution in [-0.4, -0.2) is 45.5 Å². The monoisotopic (exact) mass is 443 g/mol. The summed E-state index contributed by atoms with van der Waals surface area (Å²) in [5.74, 6) is -0.134. The summed E-state index contributed by atoms with van der Waals surface area (Å²) in [6, 6.07) is 15.8. The molecule has 1 fully saturated rings. The molecule has 1 aliphatic rings. The zero-order chi connectivity index (χ0) is 22.9. The van der Waals surface area contributed by atoms with E-state index in [1.54, 1.807) is 48.2 Å². The van der Waals surface area contributed by atoms with E-state index in [4.69, 9.17) is 11.6 Å². The standard InChI is InChI=1S/C25H30ClNO4/c1-23(2,15-21(28)18-7-5-4-6-8-18)16-22(29)27-14-13-25(31,24(3,30)17-27)19-9-11-20(26)12-10-19/h4-12,30-31H,13-17H2,1-3H3/t24-,25+/m1/s1. The fraction of sp³-hybridized carbons (Fsp3) is 0.440. The Balaban J connectivity index is 1.66. The van der Waals surface area contributed by atoms with Gasteiger partial charge in [-0.2, -0.15) is 0 Å². The predicted molar refractivity (Wildman–Crippen MR) is 121 cm³/mol. The Morgan fingerprint density at radius 3 is 2.23 bits per heavy atom. The normalized spacial score (nSPS) is 24.1. The first kappa shape index (κ1) is 23.5. The van der Waals surface area contributed by atoms with Gasteiger partial charge in [0, 0.05) is 36.4 Å². The molecule has 2 aromatic rings. The largest absolute Gasteiger partial charge is 0.385 e. The summed E-state index contributed by atoms with van der Waals surface area (Å²) >= 11 is 5.95. The highest BCUT2D eigenvalue weighted by molar-refractivity contribution is 6.30. The topological polar surface area (TPSA) is 77.8 Å². The van der Waals surface area contributed by atoms with E-state index in [0.717, 1.165) is 0 Å². The van der Waals surface area contributed by atoms with Crippen LogP contribution in [0.5, 0.6) is 0 Å². The van der Waals surface area contributed by atoms with E-state index in [1.807, 2.05) is 32.0 Å². The van der Waals surface area contributed by atoms with Crippen molar-refractivity contribution in [3.8, 4) is 0 Å². The van der Waals surface area contributed by atoms with Gasteiger partial charge in [0.05, 0.1) is 6.54 Å². The van der Waals surface area contributed by atoms with Crippen LogP contribution in [0.2, 0.25) is 5.02 Å². The van der Waals surface area contributed by atoms with Crippen LogP contribution in [0.25, 0.3) is 0 Å². The Hall–Kier alpha value is -2.21. The van der Waals surface area contributed by atoms with Gasteiger partial charge in [-0.05, 0) is 30.0 Å². The number of β-amino-alcohol motifs (C(OH)–C–C–N with tert-alkyl or cyclic N) is 1. The lowest BCUT2D eigenvalue weighted by atomic mass is 9.73. The molecule has 5 nitrogen and oxygen atoms in total. The Morgan fingerprint density at radius 1 is 1.03 bits per heavy atom. The van der Waals surface area contributed by atoms with Gasteiger partial charge < -0.3 is 15.1 Å². The third-order valence-electron chi connectivity index (χ3n) is 6.17. The zero-order valence-electron chi connectivity index (χ0n) is 18.3. The number of ketones is 1. The first-order valence-corrected chi connectivity index (χ1v) is 10.9. The van der Waals surface area contributed by atoms with Gasteiger partial charge >= 0.3 is 0 Å². The summed E-state index contributed by atoms with van der Waals surface area (Å²) in [5.41, 5.74) is -2.33. The Morgan fingerprint density at radius 2 is 1.65 bits per heavy atom. The molecule has 0 aromatic heterocycles. The number of nitrogens with zero attached hydrogens (tertiary/aromatic N) is 1. The molecule has 1 aliphatic heterocycles. The minimum Gasteiger partial charge on any atom is -0.385 e. The molecule has 0 aliphatic carbocycles. The number of benzene rings is 2. The quantitative estimate of drug-likeness (QED) is 0.656. The lowest BCUT2D eigenvalue weighted by Crippen LogP contribution is -2.62. The molecule has 0 unspecified atom stereocenters. The molecule has 6 heteroatoms. The maximum absolute atomic E-state index is 13.0. The third kappa shape index (κ3) is 5.17. The fourth-order valence-electron chi connectivity index (χ4n) is 4.29. The van der Waals surface area contributed by atoms with Crippen molar-refractivity contribution in [3.63, 3.8) is 0 Å². The van der Waals surface area contributed by atoms with Crippen LogP contribution >= 0.6 is 11.6 Å². The Labute approximate surface area is 188 Å². The number of likely N-dealkylation sites (tertiary alicyclic amines) is 1. The summed E-state index contributed by atoms with van der Waals surface area (Å²) in [5, 5.41) is 22.9. The molecule has 31 heavy (non-hydrogen) atoms.